The molecule has 0 aliphatic heterocycles. The first kappa shape index (κ1) is 23.9. The largest absolute Gasteiger partial charge is 0.507 e. The maximum absolute atomic E-state index is 12.8. The minimum absolute atomic E-state index is 0.0793. The van der Waals surface area contributed by atoms with Gasteiger partial charge in [-0.3, -0.25) is 9.89 Å². The summed E-state index contributed by atoms with van der Waals surface area (Å²) in [7, 11) is 0. The van der Waals surface area contributed by atoms with Gasteiger partial charge in [-0.1, -0.05) is 84.9 Å². The number of aromatic nitrogens is 2. The van der Waals surface area contributed by atoms with Crippen LogP contribution in [0, 0.1) is 0 Å². The van der Waals surface area contributed by atoms with Crippen LogP contribution >= 0.6 is 0 Å². The molecule has 1 aromatic heterocycles. The Hall–Kier alpha value is -5.43. The van der Waals surface area contributed by atoms with Crippen LogP contribution in [-0.2, 0) is 6.61 Å². The second-order valence-electron chi connectivity index (χ2n) is 9.01. The lowest BCUT2D eigenvalue weighted by atomic mass is 10.0. The lowest BCUT2D eigenvalue weighted by Crippen LogP contribution is -2.18. The normalized spacial score (nSPS) is 11.3. The van der Waals surface area contributed by atoms with Crippen molar-refractivity contribution in [1.29, 1.82) is 0 Å². The van der Waals surface area contributed by atoms with Crippen LogP contribution < -0.4 is 10.2 Å². The molecule has 6 aromatic rings. The van der Waals surface area contributed by atoms with Crippen molar-refractivity contribution in [3.63, 3.8) is 0 Å². The van der Waals surface area contributed by atoms with E-state index >= 15 is 0 Å². The summed E-state index contributed by atoms with van der Waals surface area (Å²) in [6, 6.07) is 34.7. The number of fused-ring (bicyclic) bond motifs is 2. The highest BCUT2D eigenvalue weighted by Gasteiger charge is 2.14. The van der Waals surface area contributed by atoms with E-state index in [4.69, 9.17) is 4.74 Å². The molecule has 0 atom stereocenters. The second-order valence-corrected chi connectivity index (χ2v) is 9.01. The number of carbonyl (C=O) groups is 1. The molecule has 0 unspecified atom stereocenters. The van der Waals surface area contributed by atoms with Gasteiger partial charge in [0.25, 0.3) is 5.91 Å². The van der Waals surface area contributed by atoms with Gasteiger partial charge in [0.2, 0.25) is 0 Å². The van der Waals surface area contributed by atoms with Crippen LogP contribution in [0.5, 0.6) is 11.5 Å². The summed E-state index contributed by atoms with van der Waals surface area (Å²) in [5.74, 6) is 0.280. The Morgan fingerprint density at radius 3 is 2.46 bits per heavy atom. The van der Waals surface area contributed by atoms with Crippen LogP contribution in [0.1, 0.15) is 21.6 Å². The number of H-pyrrole nitrogens is 1. The maximum Gasteiger partial charge on any atom is 0.289 e. The molecule has 0 radical (unpaired) electrons. The molecule has 0 aliphatic rings. The van der Waals surface area contributed by atoms with E-state index in [-0.39, 0.29) is 11.4 Å². The number of aromatic hydroxyl groups is 1. The van der Waals surface area contributed by atoms with E-state index in [1.54, 1.807) is 12.1 Å². The molecule has 7 heteroatoms. The van der Waals surface area contributed by atoms with Crippen LogP contribution in [0.4, 0.5) is 0 Å². The van der Waals surface area contributed by atoms with Crippen molar-refractivity contribution in [2.75, 3.05) is 0 Å². The Labute approximate surface area is 224 Å². The molecule has 6 rings (SSSR count). The zero-order valence-electron chi connectivity index (χ0n) is 20.8. The van der Waals surface area contributed by atoms with E-state index in [2.05, 4.69) is 45.0 Å². The number of ether oxygens (including phenoxy) is 1. The summed E-state index contributed by atoms with van der Waals surface area (Å²) in [6.45, 7) is 0.395. The number of para-hydroxylation sites is 1. The van der Waals surface area contributed by atoms with Gasteiger partial charge in [-0.25, -0.2) is 5.43 Å². The number of phenolic OH excluding ortho intramolecular Hbond substituents is 1. The fourth-order valence-electron chi connectivity index (χ4n) is 4.59. The van der Waals surface area contributed by atoms with Gasteiger partial charge in [-0.05, 0) is 51.4 Å². The fraction of sp³-hybridized carbons (Fsp3) is 0.0312. The number of carbonyl (C=O) groups excluding carboxylic acids is 1. The summed E-state index contributed by atoms with van der Waals surface area (Å²) < 4.78 is 6.21. The molecule has 39 heavy (non-hydrogen) atoms. The second kappa shape index (κ2) is 10.5. The lowest BCUT2D eigenvalue weighted by Gasteiger charge is -2.12. The first-order valence-electron chi connectivity index (χ1n) is 12.5. The van der Waals surface area contributed by atoms with Gasteiger partial charge < -0.3 is 9.84 Å². The molecule has 0 bridgehead atoms. The standard InChI is InChI=1S/C32H24N4O3/c37-30-17-16-22-9-2-4-13-25(22)27(30)19-33-36-32(38)29-18-28(34-35-29)26-14-5-6-15-31(26)39-20-23-11-7-10-21-8-1-3-12-24(21)23/h1-19,37H,20H2,(H,34,35)(H,36,38). The van der Waals surface area contributed by atoms with Gasteiger partial charge in [-0.15, -0.1) is 0 Å². The quantitative estimate of drug-likeness (QED) is 0.169. The van der Waals surface area contributed by atoms with E-state index in [1.807, 2.05) is 72.8 Å². The maximum atomic E-state index is 12.8. The van der Waals surface area contributed by atoms with E-state index in [0.29, 0.717) is 23.6 Å². The minimum Gasteiger partial charge on any atom is -0.507 e. The Kier molecular flexibility index (Phi) is 6.45. The summed E-state index contributed by atoms with van der Waals surface area (Å²) in [6.07, 6.45) is 1.43. The SMILES string of the molecule is O=C(NN=Cc1c(O)ccc2ccccc12)c1cc(-c2ccccc2OCc2cccc3ccccc23)n[nH]1. The molecule has 3 N–H and O–H groups in total. The minimum atomic E-state index is -0.459. The number of aromatic amines is 1. The first-order valence-corrected chi connectivity index (χ1v) is 12.5. The van der Waals surface area contributed by atoms with E-state index in [1.165, 1.54) is 6.21 Å². The highest BCUT2D eigenvalue weighted by atomic mass is 16.5. The Morgan fingerprint density at radius 2 is 1.59 bits per heavy atom. The highest BCUT2D eigenvalue weighted by molar-refractivity contribution is 6.03. The Morgan fingerprint density at radius 1 is 0.872 bits per heavy atom. The molecule has 1 amide bonds. The average Bonchev–Trinajstić information content (AvgIpc) is 3.48. The zero-order valence-corrected chi connectivity index (χ0v) is 20.8. The highest BCUT2D eigenvalue weighted by Crippen LogP contribution is 2.30. The van der Waals surface area contributed by atoms with Gasteiger partial charge in [0.15, 0.2) is 0 Å². The summed E-state index contributed by atoms with van der Waals surface area (Å²) >= 11 is 0. The number of amides is 1. The topological polar surface area (TPSA) is 99.6 Å². The molecule has 0 aliphatic carbocycles. The molecular weight excluding hydrogens is 488 g/mol. The molecule has 0 saturated carbocycles. The lowest BCUT2D eigenvalue weighted by molar-refractivity contribution is 0.0950. The van der Waals surface area contributed by atoms with Gasteiger partial charge in [0.05, 0.1) is 11.9 Å². The fourth-order valence-corrected chi connectivity index (χ4v) is 4.59. The molecule has 0 spiro atoms. The van der Waals surface area contributed by atoms with Crippen LogP contribution in [0.15, 0.2) is 114 Å². The third-order valence-corrected chi connectivity index (χ3v) is 6.56. The number of nitrogens with zero attached hydrogens (tertiary/aromatic N) is 2. The smallest absolute Gasteiger partial charge is 0.289 e. The molecule has 1 heterocycles. The van der Waals surface area contributed by atoms with Crippen molar-refractivity contribution in [3.8, 4) is 22.8 Å². The van der Waals surface area contributed by atoms with E-state index in [0.717, 1.165) is 32.7 Å². The molecule has 7 nitrogen and oxygen atoms in total. The number of nitrogens with one attached hydrogen (secondary N) is 2. The summed E-state index contributed by atoms with van der Waals surface area (Å²) in [4.78, 5) is 12.8. The Balaban J connectivity index is 1.18. The van der Waals surface area contributed by atoms with Crippen LogP contribution in [0.3, 0.4) is 0 Å². The summed E-state index contributed by atoms with van der Waals surface area (Å²) in [5, 5.41) is 25.6. The van der Waals surface area contributed by atoms with Crippen molar-refractivity contribution in [3.05, 3.63) is 126 Å². The summed E-state index contributed by atoms with van der Waals surface area (Å²) in [5.41, 5.74) is 5.69. The van der Waals surface area contributed by atoms with Crippen LogP contribution in [0.25, 0.3) is 32.8 Å². The molecule has 190 valence electrons. The number of hydrogen-bond acceptors (Lipinski definition) is 5. The van der Waals surface area contributed by atoms with E-state index < -0.39 is 5.91 Å². The molecular formula is C32H24N4O3. The monoisotopic (exact) mass is 512 g/mol. The van der Waals surface area contributed by atoms with Gasteiger partial charge in [0.1, 0.15) is 23.8 Å². The van der Waals surface area contributed by atoms with Crippen molar-refractivity contribution < 1.29 is 14.6 Å². The third kappa shape index (κ3) is 4.93. The number of benzene rings is 5. The molecule has 0 saturated heterocycles. The zero-order chi connectivity index (χ0) is 26.6. The van der Waals surface area contributed by atoms with E-state index in [9.17, 15) is 9.90 Å². The Bertz CT molecular complexity index is 1840. The van der Waals surface area contributed by atoms with Crippen molar-refractivity contribution in [1.82, 2.24) is 15.6 Å². The van der Waals surface area contributed by atoms with Gasteiger partial charge >= 0.3 is 0 Å². The number of hydrazone groups is 1. The first-order chi connectivity index (χ1) is 19.2. The van der Waals surface area contributed by atoms with Crippen molar-refractivity contribution in [2.45, 2.75) is 6.61 Å². The van der Waals surface area contributed by atoms with Crippen LogP contribution in [0.2, 0.25) is 0 Å². The predicted octanol–water partition coefficient (Wildman–Crippen LogP) is 6.43. The van der Waals surface area contributed by atoms with Gasteiger partial charge in [-0.2, -0.15) is 10.2 Å². The van der Waals surface area contributed by atoms with Gasteiger partial charge in [0, 0.05) is 11.1 Å². The predicted molar refractivity (Wildman–Crippen MR) is 153 cm³/mol. The van der Waals surface area contributed by atoms with Crippen LogP contribution in [-0.4, -0.2) is 27.4 Å². The number of rotatable bonds is 7. The molecule has 5 aromatic carbocycles. The number of phenols is 1. The molecule has 0 fully saturated rings. The van der Waals surface area contributed by atoms with Crippen molar-refractivity contribution >= 4 is 33.7 Å². The third-order valence-electron chi connectivity index (χ3n) is 6.56. The van der Waals surface area contributed by atoms with Crippen molar-refractivity contribution in [2.24, 2.45) is 5.10 Å². The average molecular weight is 513 g/mol. The number of hydrogen-bond donors (Lipinski definition) is 3.